The fraction of sp³-hybridized carbons (Fsp3) is 0.286. The number of hydrogen-bond donors (Lipinski definition) is 0. The Morgan fingerprint density at radius 3 is 2.73 bits per heavy atom. The quantitative estimate of drug-likeness (QED) is 0.585. The van der Waals surface area contributed by atoms with E-state index in [1.807, 2.05) is 30.7 Å². The van der Waals surface area contributed by atoms with Crippen LogP contribution in [0.1, 0.15) is 28.5 Å². The Labute approximate surface area is 161 Å². The molecule has 1 aromatic heterocycles. The second-order valence-corrected chi connectivity index (χ2v) is 7.49. The minimum Gasteiger partial charge on any atom is -0.461 e. The molecule has 0 radical (unpaired) electrons. The summed E-state index contributed by atoms with van der Waals surface area (Å²) in [5.74, 6) is -0.267. The van der Waals surface area contributed by atoms with E-state index in [1.165, 1.54) is 11.1 Å². The molecule has 2 heterocycles. The van der Waals surface area contributed by atoms with Gasteiger partial charge in [-0.1, -0.05) is 40.2 Å². The molecule has 0 aliphatic carbocycles. The van der Waals surface area contributed by atoms with Gasteiger partial charge in [0, 0.05) is 30.0 Å². The number of carbonyl (C=O) groups is 1. The highest BCUT2D eigenvalue weighted by Gasteiger charge is 2.28. The first-order chi connectivity index (χ1) is 12.6. The van der Waals surface area contributed by atoms with Gasteiger partial charge in [-0.25, -0.2) is 4.79 Å². The molecule has 0 spiro atoms. The van der Waals surface area contributed by atoms with E-state index in [0.717, 1.165) is 40.6 Å². The van der Waals surface area contributed by atoms with Crippen LogP contribution in [0.2, 0.25) is 0 Å². The summed E-state index contributed by atoms with van der Waals surface area (Å²) in [6, 6.07) is 14.7. The summed E-state index contributed by atoms with van der Waals surface area (Å²) < 4.78 is 8.33. The molecule has 5 heteroatoms. The molecule has 4 rings (SSSR count). The van der Waals surface area contributed by atoms with Gasteiger partial charge in [0.25, 0.3) is 0 Å². The maximum Gasteiger partial charge on any atom is 0.357 e. The molecule has 4 nitrogen and oxygen atoms in total. The Morgan fingerprint density at radius 1 is 1.19 bits per heavy atom. The zero-order valence-corrected chi connectivity index (χ0v) is 16.5. The lowest BCUT2D eigenvalue weighted by molar-refractivity contribution is 0.0516. The first-order valence-corrected chi connectivity index (χ1v) is 9.66. The lowest BCUT2D eigenvalue weighted by Crippen LogP contribution is -2.31. The monoisotopic (exact) mass is 412 g/mol. The Balaban J connectivity index is 1.89. The molecule has 0 atom stereocenters. The van der Waals surface area contributed by atoms with E-state index in [4.69, 9.17) is 4.74 Å². The summed E-state index contributed by atoms with van der Waals surface area (Å²) in [4.78, 5) is 15.1. The Bertz CT molecular complexity index is 993. The molecule has 0 unspecified atom stereocenters. The SMILES string of the molecule is CCOC(=O)c1c(N2CCc3ccccc3C2)c2cc(Br)ccc2n1C. The van der Waals surface area contributed by atoms with E-state index in [1.54, 1.807) is 0 Å². The van der Waals surface area contributed by atoms with Crippen molar-refractivity contribution in [2.45, 2.75) is 19.9 Å². The minimum absolute atomic E-state index is 0.267. The van der Waals surface area contributed by atoms with Gasteiger partial charge in [0.05, 0.1) is 17.8 Å². The highest BCUT2D eigenvalue weighted by Crippen LogP contribution is 2.38. The number of ether oxygens (including phenoxy) is 1. The normalized spacial score (nSPS) is 13.7. The number of rotatable bonds is 3. The van der Waals surface area contributed by atoms with Crippen LogP contribution >= 0.6 is 15.9 Å². The molecule has 26 heavy (non-hydrogen) atoms. The summed E-state index contributed by atoms with van der Waals surface area (Å²) in [5, 5.41) is 1.07. The number of anilines is 1. The lowest BCUT2D eigenvalue weighted by Gasteiger charge is -2.31. The van der Waals surface area contributed by atoms with Crippen molar-refractivity contribution < 1.29 is 9.53 Å². The van der Waals surface area contributed by atoms with Crippen molar-refractivity contribution in [3.05, 3.63) is 63.8 Å². The van der Waals surface area contributed by atoms with Crippen LogP contribution in [0.25, 0.3) is 10.9 Å². The largest absolute Gasteiger partial charge is 0.461 e. The molecular formula is C21H21BrN2O2. The van der Waals surface area contributed by atoms with Gasteiger partial charge in [0.15, 0.2) is 5.69 Å². The second-order valence-electron chi connectivity index (χ2n) is 6.58. The summed E-state index contributed by atoms with van der Waals surface area (Å²) in [6.07, 6.45) is 0.975. The Hall–Kier alpha value is -2.27. The number of fused-ring (bicyclic) bond motifs is 2. The van der Waals surface area contributed by atoms with Crippen molar-refractivity contribution >= 4 is 38.5 Å². The van der Waals surface area contributed by atoms with Crippen molar-refractivity contribution in [3.63, 3.8) is 0 Å². The average Bonchev–Trinajstić information content (AvgIpc) is 2.93. The van der Waals surface area contributed by atoms with E-state index < -0.39 is 0 Å². The number of esters is 1. The zero-order chi connectivity index (χ0) is 18.3. The standard InChI is InChI=1S/C21H21BrN2O2/c1-3-26-21(25)20-19(17-12-16(22)8-9-18(17)23(20)2)24-11-10-14-6-4-5-7-15(14)13-24/h4-9,12H,3,10-11,13H2,1-2H3. The molecule has 2 aromatic carbocycles. The van der Waals surface area contributed by atoms with Crippen molar-refractivity contribution in [1.82, 2.24) is 4.57 Å². The van der Waals surface area contributed by atoms with Gasteiger partial charge in [0.1, 0.15) is 0 Å². The third-order valence-electron chi connectivity index (χ3n) is 5.05. The molecule has 1 aliphatic heterocycles. The second kappa shape index (κ2) is 6.80. The third kappa shape index (κ3) is 2.80. The number of nitrogens with zero attached hydrogens (tertiary/aromatic N) is 2. The highest BCUT2D eigenvalue weighted by molar-refractivity contribution is 9.10. The Morgan fingerprint density at radius 2 is 1.96 bits per heavy atom. The molecule has 1 aliphatic rings. The number of aryl methyl sites for hydroxylation is 1. The predicted octanol–water partition coefficient (Wildman–Crippen LogP) is 4.68. The van der Waals surface area contributed by atoms with E-state index >= 15 is 0 Å². The van der Waals surface area contributed by atoms with Gasteiger partial charge in [-0.15, -0.1) is 0 Å². The summed E-state index contributed by atoms with van der Waals surface area (Å²) in [5.41, 5.74) is 5.34. The Kier molecular flexibility index (Phi) is 4.49. The number of halogens is 1. The average molecular weight is 413 g/mol. The smallest absolute Gasteiger partial charge is 0.357 e. The first-order valence-electron chi connectivity index (χ1n) is 8.87. The van der Waals surface area contributed by atoms with Gasteiger partial charge in [-0.2, -0.15) is 0 Å². The lowest BCUT2D eigenvalue weighted by atomic mass is 9.99. The fourth-order valence-electron chi connectivity index (χ4n) is 3.84. The van der Waals surface area contributed by atoms with Gasteiger partial charge in [0.2, 0.25) is 0 Å². The van der Waals surface area contributed by atoms with Crippen LogP contribution in [0.5, 0.6) is 0 Å². The molecule has 0 bridgehead atoms. The van der Waals surface area contributed by atoms with Crippen LogP contribution in [-0.4, -0.2) is 23.7 Å². The van der Waals surface area contributed by atoms with E-state index in [2.05, 4.69) is 51.2 Å². The van der Waals surface area contributed by atoms with Crippen LogP contribution in [0, 0.1) is 0 Å². The molecule has 3 aromatic rings. The van der Waals surface area contributed by atoms with E-state index in [9.17, 15) is 4.79 Å². The molecule has 0 fully saturated rings. The van der Waals surface area contributed by atoms with Crippen molar-refractivity contribution in [2.75, 3.05) is 18.1 Å². The van der Waals surface area contributed by atoms with Crippen LogP contribution in [0.3, 0.4) is 0 Å². The molecule has 0 saturated carbocycles. The predicted molar refractivity (Wildman–Crippen MR) is 108 cm³/mol. The van der Waals surface area contributed by atoms with Crippen molar-refractivity contribution in [2.24, 2.45) is 7.05 Å². The maximum atomic E-state index is 12.7. The van der Waals surface area contributed by atoms with Crippen LogP contribution < -0.4 is 4.90 Å². The van der Waals surface area contributed by atoms with Crippen LogP contribution in [0.4, 0.5) is 5.69 Å². The number of hydrogen-bond acceptors (Lipinski definition) is 3. The first kappa shape index (κ1) is 17.2. The van der Waals surface area contributed by atoms with Gasteiger partial charge in [-0.3, -0.25) is 0 Å². The summed E-state index contributed by atoms with van der Waals surface area (Å²) in [7, 11) is 1.93. The van der Waals surface area contributed by atoms with Crippen molar-refractivity contribution in [3.8, 4) is 0 Å². The van der Waals surface area contributed by atoms with Gasteiger partial charge < -0.3 is 14.2 Å². The van der Waals surface area contributed by atoms with Crippen molar-refractivity contribution in [1.29, 1.82) is 0 Å². The molecule has 0 saturated heterocycles. The number of benzene rings is 2. The minimum atomic E-state index is -0.267. The molecule has 134 valence electrons. The van der Waals surface area contributed by atoms with E-state index in [0.29, 0.717) is 12.3 Å². The third-order valence-corrected chi connectivity index (χ3v) is 5.54. The molecule has 0 N–H and O–H groups in total. The maximum absolute atomic E-state index is 12.7. The van der Waals surface area contributed by atoms with Crippen LogP contribution in [-0.2, 0) is 24.8 Å². The van der Waals surface area contributed by atoms with Gasteiger partial charge in [-0.05, 0) is 42.7 Å². The van der Waals surface area contributed by atoms with E-state index in [-0.39, 0.29) is 5.97 Å². The highest BCUT2D eigenvalue weighted by atomic mass is 79.9. The molecular weight excluding hydrogens is 392 g/mol. The van der Waals surface area contributed by atoms with Gasteiger partial charge >= 0.3 is 5.97 Å². The zero-order valence-electron chi connectivity index (χ0n) is 15.0. The molecule has 0 amide bonds. The summed E-state index contributed by atoms with van der Waals surface area (Å²) in [6.45, 7) is 3.89. The fourth-order valence-corrected chi connectivity index (χ4v) is 4.20. The topological polar surface area (TPSA) is 34.5 Å². The van der Waals surface area contributed by atoms with Crippen LogP contribution in [0.15, 0.2) is 46.9 Å². The number of carbonyl (C=O) groups excluding carboxylic acids is 1. The number of aromatic nitrogens is 1. The summed E-state index contributed by atoms with van der Waals surface area (Å²) >= 11 is 3.57.